The van der Waals surface area contributed by atoms with Crippen molar-refractivity contribution in [1.29, 1.82) is 0 Å². The lowest BCUT2D eigenvalue weighted by Crippen LogP contribution is -2.37. The third-order valence-electron chi connectivity index (χ3n) is 2.11. The predicted octanol–water partition coefficient (Wildman–Crippen LogP) is 0.302. The van der Waals surface area contributed by atoms with Gasteiger partial charge < -0.3 is 15.2 Å². The summed E-state index contributed by atoms with van der Waals surface area (Å²) >= 11 is 0. The Morgan fingerprint density at radius 1 is 1.79 bits per heavy atom. The molecule has 0 spiro atoms. The summed E-state index contributed by atoms with van der Waals surface area (Å²) in [6.07, 6.45) is 1.29. The fourth-order valence-electron chi connectivity index (χ4n) is 1.48. The van der Waals surface area contributed by atoms with Crippen LogP contribution in [0, 0.1) is 0 Å². The van der Waals surface area contributed by atoms with E-state index in [1.54, 1.807) is 16.9 Å². The van der Waals surface area contributed by atoms with Crippen molar-refractivity contribution in [2.24, 2.45) is 0 Å². The van der Waals surface area contributed by atoms with E-state index < -0.39 is 6.09 Å². The summed E-state index contributed by atoms with van der Waals surface area (Å²) in [5, 5.41) is 15.0. The van der Waals surface area contributed by atoms with E-state index in [0.29, 0.717) is 25.5 Å². The number of nitrogens with zero attached hydrogens (tertiary/aromatic N) is 2. The molecule has 0 aromatic carbocycles. The van der Waals surface area contributed by atoms with Gasteiger partial charge in [-0.25, -0.2) is 9.48 Å². The molecule has 76 valence electrons. The van der Waals surface area contributed by atoms with Gasteiger partial charge in [0.05, 0.1) is 25.4 Å². The van der Waals surface area contributed by atoms with Crippen LogP contribution in [0.2, 0.25) is 0 Å². The number of fused-ring (bicyclic) bond motifs is 1. The molecule has 1 aromatic rings. The van der Waals surface area contributed by atoms with Crippen molar-refractivity contribution in [2.75, 3.05) is 6.61 Å². The smallest absolute Gasteiger partial charge is 0.404 e. The Morgan fingerprint density at radius 2 is 2.64 bits per heavy atom. The van der Waals surface area contributed by atoms with Crippen molar-refractivity contribution >= 4 is 6.09 Å². The van der Waals surface area contributed by atoms with Gasteiger partial charge in [-0.05, 0) is 0 Å². The van der Waals surface area contributed by atoms with Crippen molar-refractivity contribution in [3.63, 3.8) is 0 Å². The first-order valence-electron chi connectivity index (χ1n) is 4.40. The van der Waals surface area contributed by atoms with Crippen molar-refractivity contribution in [3.05, 3.63) is 12.3 Å². The normalized spacial score (nSPS) is 20.4. The number of rotatable bonds is 1. The number of carbonyl (C=O) groups is 1. The average Bonchev–Trinajstić information content (AvgIpc) is 2.44. The van der Waals surface area contributed by atoms with Gasteiger partial charge >= 0.3 is 6.09 Å². The zero-order valence-corrected chi connectivity index (χ0v) is 7.51. The van der Waals surface area contributed by atoms with Crippen LogP contribution in [0.4, 0.5) is 4.79 Å². The zero-order chi connectivity index (χ0) is 9.97. The summed E-state index contributed by atoms with van der Waals surface area (Å²) in [7, 11) is 0. The van der Waals surface area contributed by atoms with E-state index in [-0.39, 0.29) is 6.04 Å². The van der Waals surface area contributed by atoms with E-state index in [9.17, 15) is 4.79 Å². The van der Waals surface area contributed by atoms with Gasteiger partial charge in [-0.1, -0.05) is 0 Å². The molecule has 2 heterocycles. The largest absolute Gasteiger partial charge is 0.478 e. The molecular weight excluding hydrogens is 186 g/mol. The van der Waals surface area contributed by atoms with E-state index >= 15 is 0 Å². The van der Waals surface area contributed by atoms with Gasteiger partial charge in [-0.15, -0.1) is 0 Å². The second-order valence-corrected chi connectivity index (χ2v) is 3.14. The molecule has 0 fully saturated rings. The Labute approximate surface area is 80.5 Å². The molecule has 2 rings (SSSR count). The molecule has 0 radical (unpaired) electrons. The second kappa shape index (κ2) is 3.57. The quantitative estimate of drug-likeness (QED) is 0.679. The summed E-state index contributed by atoms with van der Waals surface area (Å²) < 4.78 is 7.03. The Balaban J connectivity index is 2.08. The maximum absolute atomic E-state index is 10.4. The molecule has 1 aliphatic rings. The highest BCUT2D eigenvalue weighted by molar-refractivity contribution is 5.64. The highest BCUT2D eigenvalue weighted by atomic mass is 16.5. The second-order valence-electron chi connectivity index (χ2n) is 3.14. The SMILES string of the molecule is O=C(O)NC1CCOc2ccnn2C1. The maximum atomic E-state index is 10.4. The molecule has 6 nitrogen and oxygen atoms in total. The van der Waals surface area contributed by atoms with Gasteiger partial charge in [0.2, 0.25) is 5.88 Å². The van der Waals surface area contributed by atoms with Crippen LogP contribution in [0.25, 0.3) is 0 Å². The van der Waals surface area contributed by atoms with Crippen LogP contribution < -0.4 is 10.1 Å². The molecule has 1 aliphatic heterocycles. The number of aromatic nitrogens is 2. The van der Waals surface area contributed by atoms with Gasteiger partial charge in [-0.3, -0.25) is 0 Å². The number of nitrogens with one attached hydrogen (secondary N) is 1. The first-order chi connectivity index (χ1) is 6.75. The monoisotopic (exact) mass is 197 g/mol. The Bertz CT molecular complexity index is 336. The minimum absolute atomic E-state index is 0.131. The van der Waals surface area contributed by atoms with E-state index in [1.807, 2.05) is 0 Å². The van der Waals surface area contributed by atoms with Crippen molar-refractivity contribution in [1.82, 2.24) is 15.1 Å². The number of hydrogen-bond donors (Lipinski definition) is 2. The standard InChI is InChI=1S/C8H11N3O3/c12-8(13)10-6-2-4-14-7-1-3-9-11(7)5-6/h1,3,6,10H,2,4-5H2,(H,12,13). The minimum Gasteiger partial charge on any atom is -0.478 e. The first kappa shape index (κ1) is 8.86. The lowest BCUT2D eigenvalue weighted by molar-refractivity contribution is 0.186. The molecule has 14 heavy (non-hydrogen) atoms. The Kier molecular flexibility index (Phi) is 2.26. The fraction of sp³-hybridized carbons (Fsp3) is 0.500. The molecular formula is C8H11N3O3. The maximum Gasteiger partial charge on any atom is 0.404 e. The topological polar surface area (TPSA) is 76.4 Å². The number of ether oxygens (including phenoxy) is 1. The van der Waals surface area contributed by atoms with Crippen LogP contribution >= 0.6 is 0 Å². The summed E-state index contributed by atoms with van der Waals surface area (Å²) in [6, 6.07) is 1.64. The summed E-state index contributed by atoms with van der Waals surface area (Å²) in [6.45, 7) is 1.03. The Morgan fingerprint density at radius 3 is 3.43 bits per heavy atom. The van der Waals surface area contributed by atoms with Crippen molar-refractivity contribution in [3.8, 4) is 5.88 Å². The first-order valence-corrected chi connectivity index (χ1v) is 4.40. The van der Waals surface area contributed by atoms with E-state index in [1.165, 1.54) is 0 Å². The van der Waals surface area contributed by atoms with Gasteiger partial charge in [0.25, 0.3) is 0 Å². The summed E-state index contributed by atoms with van der Waals surface area (Å²) in [5.74, 6) is 0.694. The Hall–Kier alpha value is -1.72. The number of carboxylic acid groups (broad SMARTS) is 1. The van der Waals surface area contributed by atoms with Gasteiger partial charge in [0.15, 0.2) is 0 Å². The summed E-state index contributed by atoms with van der Waals surface area (Å²) in [4.78, 5) is 10.4. The fourth-order valence-corrected chi connectivity index (χ4v) is 1.48. The third kappa shape index (κ3) is 1.78. The highest BCUT2D eigenvalue weighted by Gasteiger charge is 2.18. The molecule has 6 heteroatoms. The lowest BCUT2D eigenvalue weighted by atomic mass is 10.2. The van der Waals surface area contributed by atoms with Crippen LogP contribution in [-0.4, -0.2) is 33.6 Å². The molecule has 0 saturated carbocycles. The van der Waals surface area contributed by atoms with Crippen LogP contribution in [-0.2, 0) is 6.54 Å². The number of amides is 1. The molecule has 0 saturated heterocycles. The van der Waals surface area contributed by atoms with Crippen LogP contribution in [0.15, 0.2) is 12.3 Å². The molecule has 1 amide bonds. The summed E-state index contributed by atoms with van der Waals surface area (Å²) in [5.41, 5.74) is 0. The van der Waals surface area contributed by atoms with Crippen LogP contribution in [0.1, 0.15) is 6.42 Å². The molecule has 1 aromatic heterocycles. The van der Waals surface area contributed by atoms with Gasteiger partial charge in [-0.2, -0.15) is 5.10 Å². The molecule has 1 atom stereocenters. The molecule has 2 N–H and O–H groups in total. The van der Waals surface area contributed by atoms with Crippen molar-refractivity contribution < 1.29 is 14.6 Å². The van der Waals surface area contributed by atoms with Gasteiger partial charge in [0.1, 0.15) is 0 Å². The number of hydrogen-bond acceptors (Lipinski definition) is 3. The highest BCUT2D eigenvalue weighted by Crippen LogP contribution is 2.15. The van der Waals surface area contributed by atoms with Crippen molar-refractivity contribution in [2.45, 2.75) is 19.0 Å². The molecule has 0 bridgehead atoms. The molecule has 1 unspecified atom stereocenters. The molecule has 0 aliphatic carbocycles. The lowest BCUT2D eigenvalue weighted by Gasteiger charge is -2.12. The average molecular weight is 197 g/mol. The van der Waals surface area contributed by atoms with Crippen LogP contribution in [0.3, 0.4) is 0 Å². The van der Waals surface area contributed by atoms with Gasteiger partial charge in [0, 0.05) is 12.5 Å². The minimum atomic E-state index is -1.01. The zero-order valence-electron chi connectivity index (χ0n) is 7.51. The van der Waals surface area contributed by atoms with E-state index in [2.05, 4.69) is 10.4 Å². The van der Waals surface area contributed by atoms with E-state index in [0.717, 1.165) is 0 Å². The van der Waals surface area contributed by atoms with E-state index in [4.69, 9.17) is 9.84 Å². The predicted molar refractivity (Wildman–Crippen MR) is 47.3 cm³/mol. The third-order valence-corrected chi connectivity index (χ3v) is 2.11. The van der Waals surface area contributed by atoms with Crippen LogP contribution in [0.5, 0.6) is 5.88 Å².